The monoisotopic (exact) mass is 373 g/mol. The van der Waals surface area contributed by atoms with Gasteiger partial charge in [0, 0.05) is 38.3 Å². The Morgan fingerprint density at radius 2 is 1.65 bits per heavy atom. The van der Waals surface area contributed by atoms with Crippen molar-refractivity contribution in [2.75, 3.05) is 26.0 Å². The summed E-state index contributed by atoms with van der Waals surface area (Å²) < 4.78 is 0. The molecule has 7 heteroatoms. The zero-order chi connectivity index (χ0) is 19.1. The van der Waals surface area contributed by atoms with Crippen molar-refractivity contribution in [3.8, 4) is 0 Å². The van der Waals surface area contributed by atoms with Gasteiger partial charge >= 0.3 is 0 Å². The zero-order valence-electron chi connectivity index (χ0n) is 14.6. The van der Waals surface area contributed by atoms with Gasteiger partial charge in [-0.2, -0.15) is 0 Å². The first-order valence-electron chi connectivity index (χ1n) is 8.03. The average molecular weight is 374 g/mol. The van der Waals surface area contributed by atoms with E-state index in [9.17, 15) is 14.4 Å². The lowest BCUT2D eigenvalue weighted by Gasteiger charge is -2.11. The largest absolute Gasteiger partial charge is 0.351 e. The normalized spacial score (nSPS) is 10.1. The molecule has 2 rings (SSSR count). The van der Waals surface area contributed by atoms with Crippen LogP contribution >= 0.6 is 11.6 Å². The molecule has 0 fully saturated rings. The maximum atomic E-state index is 12.0. The van der Waals surface area contributed by atoms with Gasteiger partial charge in [0.1, 0.15) is 0 Å². The van der Waals surface area contributed by atoms with Crippen LogP contribution in [-0.4, -0.2) is 43.3 Å². The molecule has 2 aromatic carbocycles. The molecule has 0 bridgehead atoms. The van der Waals surface area contributed by atoms with Crippen molar-refractivity contribution >= 4 is 35.0 Å². The maximum absolute atomic E-state index is 12.0. The Morgan fingerprint density at radius 3 is 2.27 bits per heavy atom. The van der Waals surface area contributed by atoms with E-state index in [1.165, 1.54) is 4.90 Å². The molecule has 0 saturated carbocycles. The van der Waals surface area contributed by atoms with Crippen LogP contribution in [0, 0.1) is 0 Å². The fourth-order valence-corrected chi connectivity index (χ4v) is 2.43. The SMILES string of the molecule is CN(C)C(=O)c1ccc(NC(=O)CCNC(=O)c2ccccc2Cl)cc1. The smallest absolute Gasteiger partial charge is 0.253 e. The molecule has 3 amide bonds. The van der Waals surface area contributed by atoms with E-state index in [-0.39, 0.29) is 30.7 Å². The summed E-state index contributed by atoms with van der Waals surface area (Å²) in [5.74, 6) is -0.670. The predicted octanol–water partition coefficient (Wildman–Crippen LogP) is 2.80. The van der Waals surface area contributed by atoms with Crippen LogP contribution in [0.2, 0.25) is 5.02 Å². The van der Waals surface area contributed by atoms with E-state index in [0.29, 0.717) is 21.8 Å². The lowest BCUT2D eigenvalue weighted by atomic mass is 10.2. The quantitative estimate of drug-likeness (QED) is 0.817. The number of anilines is 1. The Bertz CT molecular complexity index is 804. The second-order valence-corrected chi connectivity index (χ2v) is 6.22. The molecular weight excluding hydrogens is 354 g/mol. The van der Waals surface area contributed by atoms with Crippen LogP contribution in [0.15, 0.2) is 48.5 Å². The topological polar surface area (TPSA) is 78.5 Å². The molecule has 0 spiro atoms. The molecule has 2 aromatic rings. The van der Waals surface area contributed by atoms with Gasteiger partial charge in [-0.15, -0.1) is 0 Å². The molecule has 0 saturated heterocycles. The van der Waals surface area contributed by atoms with Crippen LogP contribution in [-0.2, 0) is 4.79 Å². The summed E-state index contributed by atoms with van der Waals surface area (Å²) in [7, 11) is 3.35. The van der Waals surface area contributed by atoms with E-state index in [4.69, 9.17) is 11.6 Å². The number of rotatable bonds is 6. The summed E-state index contributed by atoms with van der Waals surface area (Å²) in [6.07, 6.45) is 0.120. The number of amides is 3. The fraction of sp³-hybridized carbons (Fsp3) is 0.211. The van der Waals surface area contributed by atoms with Gasteiger partial charge in [-0.3, -0.25) is 14.4 Å². The Morgan fingerprint density at radius 1 is 1.00 bits per heavy atom. The highest BCUT2D eigenvalue weighted by Gasteiger charge is 2.11. The molecule has 0 aliphatic rings. The van der Waals surface area contributed by atoms with Crippen LogP contribution in [0.25, 0.3) is 0 Å². The molecule has 0 aromatic heterocycles. The van der Waals surface area contributed by atoms with Crippen molar-refractivity contribution in [1.82, 2.24) is 10.2 Å². The molecule has 136 valence electrons. The second kappa shape index (κ2) is 9.01. The molecule has 0 aliphatic carbocycles. The first kappa shape index (κ1) is 19.5. The Kier molecular flexibility index (Phi) is 6.74. The number of nitrogens with zero attached hydrogens (tertiary/aromatic N) is 1. The number of nitrogens with one attached hydrogen (secondary N) is 2. The molecule has 0 aliphatic heterocycles. The Hall–Kier alpha value is -2.86. The molecule has 2 N–H and O–H groups in total. The number of benzene rings is 2. The van der Waals surface area contributed by atoms with Crippen LogP contribution < -0.4 is 10.6 Å². The number of hydrogen-bond acceptors (Lipinski definition) is 3. The third-order valence-corrected chi connectivity index (χ3v) is 3.91. The lowest BCUT2D eigenvalue weighted by molar-refractivity contribution is -0.116. The van der Waals surface area contributed by atoms with Gasteiger partial charge in [-0.05, 0) is 36.4 Å². The highest BCUT2D eigenvalue weighted by atomic mass is 35.5. The standard InChI is InChI=1S/C19H20ClN3O3/c1-23(2)19(26)13-7-9-14(10-8-13)22-17(24)11-12-21-18(25)15-5-3-4-6-16(15)20/h3-10H,11-12H2,1-2H3,(H,21,25)(H,22,24). The molecule has 0 unspecified atom stereocenters. The minimum absolute atomic E-state index is 0.106. The van der Waals surface area contributed by atoms with E-state index in [1.54, 1.807) is 62.6 Å². The van der Waals surface area contributed by atoms with Gasteiger partial charge in [-0.1, -0.05) is 23.7 Å². The van der Waals surface area contributed by atoms with E-state index in [0.717, 1.165) is 0 Å². The van der Waals surface area contributed by atoms with E-state index < -0.39 is 0 Å². The molecule has 6 nitrogen and oxygen atoms in total. The van der Waals surface area contributed by atoms with Crippen molar-refractivity contribution in [2.24, 2.45) is 0 Å². The average Bonchev–Trinajstić information content (AvgIpc) is 2.62. The summed E-state index contributed by atoms with van der Waals surface area (Å²) in [4.78, 5) is 37.3. The summed E-state index contributed by atoms with van der Waals surface area (Å²) in [6.45, 7) is 0.188. The van der Waals surface area contributed by atoms with Gasteiger partial charge in [0.05, 0.1) is 10.6 Å². The first-order valence-corrected chi connectivity index (χ1v) is 8.40. The van der Waals surface area contributed by atoms with Gasteiger partial charge in [-0.25, -0.2) is 0 Å². The van der Waals surface area contributed by atoms with E-state index in [1.807, 2.05) is 0 Å². The summed E-state index contributed by atoms with van der Waals surface area (Å²) >= 11 is 5.96. The van der Waals surface area contributed by atoms with Crippen molar-refractivity contribution in [2.45, 2.75) is 6.42 Å². The highest BCUT2D eigenvalue weighted by Crippen LogP contribution is 2.14. The van der Waals surface area contributed by atoms with Crippen LogP contribution in [0.1, 0.15) is 27.1 Å². The number of carbonyl (C=O) groups excluding carboxylic acids is 3. The van der Waals surface area contributed by atoms with Crippen LogP contribution in [0.5, 0.6) is 0 Å². The minimum Gasteiger partial charge on any atom is -0.351 e. The number of carbonyl (C=O) groups is 3. The van der Waals surface area contributed by atoms with Crippen LogP contribution in [0.4, 0.5) is 5.69 Å². The van der Waals surface area contributed by atoms with Gasteiger partial charge in [0.25, 0.3) is 11.8 Å². The first-order chi connectivity index (χ1) is 12.4. The molecule has 26 heavy (non-hydrogen) atoms. The zero-order valence-corrected chi connectivity index (χ0v) is 15.3. The highest BCUT2D eigenvalue weighted by molar-refractivity contribution is 6.33. The summed E-state index contributed by atoms with van der Waals surface area (Å²) in [5, 5.41) is 5.74. The molecule has 0 radical (unpaired) electrons. The third-order valence-electron chi connectivity index (χ3n) is 3.58. The van der Waals surface area contributed by atoms with Crippen molar-refractivity contribution < 1.29 is 14.4 Å². The van der Waals surface area contributed by atoms with Gasteiger partial charge in [0.15, 0.2) is 0 Å². The lowest BCUT2D eigenvalue weighted by Crippen LogP contribution is -2.27. The van der Waals surface area contributed by atoms with Crippen molar-refractivity contribution in [3.05, 3.63) is 64.7 Å². The fourth-order valence-electron chi connectivity index (χ4n) is 2.21. The summed E-state index contributed by atoms with van der Waals surface area (Å²) in [6, 6.07) is 13.3. The molecule has 0 atom stereocenters. The predicted molar refractivity (Wildman–Crippen MR) is 101 cm³/mol. The number of halogens is 1. The van der Waals surface area contributed by atoms with E-state index >= 15 is 0 Å². The number of hydrogen-bond donors (Lipinski definition) is 2. The minimum atomic E-state index is -0.324. The maximum Gasteiger partial charge on any atom is 0.253 e. The van der Waals surface area contributed by atoms with E-state index in [2.05, 4.69) is 10.6 Å². The second-order valence-electron chi connectivity index (χ2n) is 5.81. The Labute approximate surface area is 157 Å². The summed E-state index contributed by atoms with van der Waals surface area (Å²) in [5.41, 5.74) is 1.50. The molecular formula is C19H20ClN3O3. The third kappa shape index (κ3) is 5.32. The Balaban J connectivity index is 1.81. The van der Waals surface area contributed by atoms with Crippen molar-refractivity contribution in [3.63, 3.8) is 0 Å². The molecule has 0 heterocycles. The van der Waals surface area contributed by atoms with Gasteiger partial charge in [0.2, 0.25) is 5.91 Å². The van der Waals surface area contributed by atoms with Gasteiger partial charge < -0.3 is 15.5 Å². The van der Waals surface area contributed by atoms with Crippen molar-refractivity contribution in [1.29, 1.82) is 0 Å². The van der Waals surface area contributed by atoms with Crippen LogP contribution in [0.3, 0.4) is 0 Å².